The minimum atomic E-state index is -0.294. The van der Waals surface area contributed by atoms with Crippen LogP contribution in [0.25, 0.3) is 0 Å². The number of aliphatic hydroxyl groups is 1. The lowest BCUT2D eigenvalue weighted by Gasteiger charge is -2.38. The number of hydrogen-bond donors (Lipinski definition) is 2. The fourth-order valence-electron chi connectivity index (χ4n) is 3.36. The van der Waals surface area contributed by atoms with E-state index in [9.17, 15) is 9.90 Å². The fourth-order valence-corrected chi connectivity index (χ4v) is 3.36. The number of rotatable bonds is 2. The first-order valence-electron chi connectivity index (χ1n) is 8.06. The van der Waals surface area contributed by atoms with Crippen molar-refractivity contribution in [2.45, 2.75) is 25.0 Å². The summed E-state index contributed by atoms with van der Waals surface area (Å²) in [7, 11) is 0. The average Bonchev–Trinajstić information content (AvgIpc) is 2.80. The van der Waals surface area contributed by atoms with Crippen LogP contribution in [-0.2, 0) is 0 Å². The van der Waals surface area contributed by atoms with Gasteiger partial charge in [0, 0.05) is 57.7 Å². The van der Waals surface area contributed by atoms with E-state index in [1.54, 1.807) is 18.5 Å². The molecule has 6 nitrogen and oxygen atoms in total. The third kappa shape index (κ3) is 3.63. The first-order valence-corrected chi connectivity index (χ1v) is 8.06. The van der Waals surface area contributed by atoms with Crippen molar-refractivity contribution in [2.75, 3.05) is 39.3 Å². The molecule has 0 aromatic carbocycles. The van der Waals surface area contributed by atoms with Gasteiger partial charge < -0.3 is 15.3 Å². The summed E-state index contributed by atoms with van der Waals surface area (Å²) in [6.45, 7) is 4.85. The molecule has 3 rings (SSSR count). The summed E-state index contributed by atoms with van der Waals surface area (Å²) >= 11 is 0. The van der Waals surface area contributed by atoms with Crippen molar-refractivity contribution in [3.8, 4) is 0 Å². The van der Waals surface area contributed by atoms with E-state index in [4.69, 9.17) is 0 Å². The largest absolute Gasteiger partial charge is 0.390 e. The second-order valence-corrected chi connectivity index (χ2v) is 6.12. The van der Waals surface area contributed by atoms with E-state index in [1.807, 2.05) is 11.0 Å². The summed E-state index contributed by atoms with van der Waals surface area (Å²) in [5.74, 6) is 0.0733. The van der Waals surface area contributed by atoms with E-state index in [0.717, 1.165) is 45.6 Å². The van der Waals surface area contributed by atoms with Crippen molar-refractivity contribution in [1.82, 2.24) is 20.1 Å². The molecule has 0 unspecified atom stereocenters. The van der Waals surface area contributed by atoms with Crippen LogP contribution < -0.4 is 5.32 Å². The SMILES string of the molecule is O=C(c1cccnc1)N1CCC(N2CCNC[C@@H](O)C2)CC1. The standard InChI is InChI=1S/C16H24N4O2/c21-15-11-18-6-9-20(12-15)14-3-7-19(8-4-14)16(22)13-2-1-5-17-10-13/h1-2,5,10,14-15,18,21H,3-4,6-9,11-12H2/t15-/m1/s1. The van der Waals surface area contributed by atoms with Gasteiger partial charge >= 0.3 is 0 Å². The lowest BCUT2D eigenvalue weighted by molar-refractivity contribution is 0.0539. The van der Waals surface area contributed by atoms with Crippen molar-refractivity contribution in [3.05, 3.63) is 30.1 Å². The smallest absolute Gasteiger partial charge is 0.255 e. The minimum Gasteiger partial charge on any atom is -0.390 e. The lowest BCUT2D eigenvalue weighted by Crippen LogP contribution is -2.48. The first-order chi connectivity index (χ1) is 10.7. The molecule has 1 amide bonds. The highest BCUT2D eigenvalue weighted by molar-refractivity contribution is 5.93. The fraction of sp³-hybridized carbons (Fsp3) is 0.625. The van der Waals surface area contributed by atoms with Gasteiger partial charge in [-0.2, -0.15) is 0 Å². The van der Waals surface area contributed by atoms with Crippen LogP contribution in [0, 0.1) is 0 Å². The Morgan fingerprint density at radius 1 is 1.32 bits per heavy atom. The van der Waals surface area contributed by atoms with E-state index >= 15 is 0 Å². The van der Waals surface area contributed by atoms with Crippen LogP contribution in [0.2, 0.25) is 0 Å². The van der Waals surface area contributed by atoms with Crippen molar-refractivity contribution >= 4 is 5.91 Å². The van der Waals surface area contributed by atoms with Gasteiger partial charge in [0.15, 0.2) is 0 Å². The average molecular weight is 304 g/mol. The highest BCUT2D eigenvalue weighted by atomic mass is 16.3. The van der Waals surface area contributed by atoms with Crippen molar-refractivity contribution in [2.24, 2.45) is 0 Å². The predicted molar refractivity (Wildman–Crippen MR) is 83.6 cm³/mol. The highest BCUT2D eigenvalue weighted by Gasteiger charge is 2.29. The summed E-state index contributed by atoms with van der Waals surface area (Å²) in [5, 5.41) is 13.2. The molecule has 2 N–H and O–H groups in total. The maximum atomic E-state index is 12.4. The third-order valence-corrected chi connectivity index (χ3v) is 4.58. The van der Waals surface area contributed by atoms with Gasteiger partial charge in [0.05, 0.1) is 11.7 Å². The Balaban J connectivity index is 1.55. The van der Waals surface area contributed by atoms with E-state index in [1.165, 1.54) is 0 Å². The van der Waals surface area contributed by atoms with Crippen LogP contribution in [0.3, 0.4) is 0 Å². The molecule has 0 spiro atoms. The predicted octanol–water partition coefficient (Wildman–Crippen LogP) is -0.0477. The zero-order valence-electron chi connectivity index (χ0n) is 12.8. The Morgan fingerprint density at radius 2 is 2.14 bits per heavy atom. The lowest BCUT2D eigenvalue weighted by atomic mass is 10.0. The molecule has 1 atom stereocenters. The molecule has 120 valence electrons. The van der Waals surface area contributed by atoms with Crippen LogP contribution in [0.4, 0.5) is 0 Å². The van der Waals surface area contributed by atoms with E-state index in [-0.39, 0.29) is 12.0 Å². The maximum absolute atomic E-state index is 12.4. The third-order valence-electron chi connectivity index (χ3n) is 4.58. The molecule has 2 aliphatic heterocycles. The molecule has 2 aliphatic rings. The molecule has 3 heterocycles. The van der Waals surface area contributed by atoms with Gasteiger partial charge in [0.25, 0.3) is 5.91 Å². The number of amides is 1. The van der Waals surface area contributed by atoms with E-state index < -0.39 is 0 Å². The number of nitrogens with one attached hydrogen (secondary N) is 1. The molecule has 0 bridgehead atoms. The summed E-state index contributed by atoms with van der Waals surface area (Å²) < 4.78 is 0. The van der Waals surface area contributed by atoms with Gasteiger partial charge in [0.1, 0.15) is 0 Å². The Bertz CT molecular complexity index is 488. The monoisotopic (exact) mass is 304 g/mol. The number of carbonyl (C=O) groups is 1. The van der Waals surface area contributed by atoms with Crippen LogP contribution in [0.1, 0.15) is 23.2 Å². The highest BCUT2D eigenvalue weighted by Crippen LogP contribution is 2.19. The molecule has 0 radical (unpaired) electrons. The van der Waals surface area contributed by atoms with Gasteiger partial charge in [-0.1, -0.05) is 0 Å². The van der Waals surface area contributed by atoms with Crippen LogP contribution in [0.15, 0.2) is 24.5 Å². The van der Waals surface area contributed by atoms with Crippen LogP contribution in [0.5, 0.6) is 0 Å². The van der Waals surface area contributed by atoms with Gasteiger partial charge in [-0.15, -0.1) is 0 Å². The number of aromatic nitrogens is 1. The van der Waals surface area contributed by atoms with Crippen molar-refractivity contribution in [3.63, 3.8) is 0 Å². The van der Waals surface area contributed by atoms with Crippen molar-refractivity contribution < 1.29 is 9.90 Å². The molecule has 1 aromatic rings. The second-order valence-electron chi connectivity index (χ2n) is 6.12. The summed E-state index contributed by atoms with van der Waals surface area (Å²) in [6.07, 6.45) is 4.96. The summed E-state index contributed by atoms with van der Waals surface area (Å²) in [4.78, 5) is 20.7. The van der Waals surface area contributed by atoms with Crippen LogP contribution >= 0.6 is 0 Å². The number of β-amino-alcohol motifs (C(OH)–C–C–N with tert-alkyl or cyclic N) is 1. The van der Waals surface area contributed by atoms with Gasteiger partial charge in [-0.25, -0.2) is 0 Å². The number of carbonyl (C=O) groups excluding carboxylic acids is 1. The maximum Gasteiger partial charge on any atom is 0.255 e. The molecule has 2 fully saturated rings. The van der Waals surface area contributed by atoms with E-state index in [2.05, 4.69) is 15.2 Å². The summed E-state index contributed by atoms with van der Waals surface area (Å²) in [5.41, 5.74) is 0.662. The van der Waals surface area contributed by atoms with E-state index in [0.29, 0.717) is 18.2 Å². The van der Waals surface area contributed by atoms with Crippen LogP contribution in [-0.4, -0.2) is 77.2 Å². The summed E-state index contributed by atoms with van der Waals surface area (Å²) in [6, 6.07) is 4.08. The molecule has 2 saturated heterocycles. The Labute approximate surface area is 131 Å². The molecule has 22 heavy (non-hydrogen) atoms. The van der Waals surface area contributed by atoms with Gasteiger partial charge in [-0.05, 0) is 25.0 Å². The first kappa shape index (κ1) is 15.4. The second kappa shape index (κ2) is 7.17. The quantitative estimate of drug-likeness (QED) is 0.802. The molecule has 6 heteroatoms. The number of pyridine rings is 1. The zero-order valence-corrected chi connectivity index (χ0v) is 12.8. The molecular formula is C16H24N4O2. The normalized spacial score (nSPS) is 25.0. The number of hydrogen-bond acceptors (Lipinski definition) is 5. The van der Waals surface area contributed by atoms with Gasteiger partial charge in [0.2, 0.25) is 0 Å². The number of piperidine rings is 1. The molecule has 1 aromatic heterocycles. The Hall–Kier alpha value is -1.50. The van der Waals surface area contributed by atoms with Gasteiger partial charge in [-0.3, -0.25) is 14.7 Å². The zero-order chi connectivity index (χ0) is 15.4. The number of nitrogens with zero attached hydrogens (tertiary/aromatic N) is 3. The Kier molecular flexibility index (Phi) is 5.02. The molecular weight excluding hydrogens is 280 g/mol. The minimum absolute atomic E-state index is 0.0733. The molecule has 0 saturated carbocycles. The van der Waals surface area contributed by atoms with Crippen molar-refractivity contribution in [1.29, 1.82) is 0 Å². The Morgan fingerprint density at radius 3 is 2.86 bits per heavy atom. The topological polar surface area (TPSA) is 68.7 Å². The number of likely N-dealkylation sites (tertiary alicyclic amines) is 1. The number of aliphatic hydroxyl groups excluding tert-OH is 1. The molecule has 0 aliphatic carbocycles.